The largest absolute Gasteiger partial charge is 0.492 e. The van der Waals surface area contributed by atoms with E-state index >= 15 is 0 Å². The normalized spacial score (nSPS) is 13.1. The second kappa shape index (κ2) is 6.12. The molecule has 1 aliphatic rings. The van der Waals surface area contributed by atoms with Crippen molar-refractivity contribution in [2.75, 3.05) is 5.32 Å². The summed E-state index contributed by atoms with van der Waals surface area (Å²) in [4.78, 5) is 12.0. The van der Waals surface area contributed by atoms with Crippen LogP contribution in [0.25, 0.3) is 0 Å². The van der Waals surface area contributed by atoms with E-state index in [-0.39, 0.29) is 5.91 Å². The number of amides is 1. The molecule has 0 saturated heterocycles. The highest BCUT2D eigenvalue weighted by Gasteiger charge is 2.29. The van der Waals surface area contributed by atoms with E-state index in [2.05, 4.69) is 5.32 Å². The molecule has 1 heterocycles. The van der Waals surface area contributed by atoms with E-state index in [0.29, 0.717) is 19.4 Å². The van der Waals surface area contributed by atoms with Gasteiger partial charge in [-0.15, -0.1) is 0 Å². The van der Waals surface area contributed by atoms with Crippen LogP contribution in [0.1, 0.15) is 17.5 Å². The second-order valence-electron chi connectivity index (χ2n) is 5.07. The van der Waals surface area contributed by atoms with Gasteiger partial charge in [0.2, 0.25) is 5.91 Å². The van der Waals surface area contributed by atoms with Gasteiger partial charge in [-0.05, 0) is 35.1 Å². The number of anilines is 1. The Bertz CT molecular complexity index is 645. The Balaban J connectivity index is 1.64. The predicted octanol–water partition coefficient (Wildman–Crippen LogP) is 1.48. The Morgan fingerprint density at radius 1 is 1.19 bits per heavy atom. The van der Waals surface area contributed by atoms with Crippen molar-refractivity contribution >= 4 is 24.2 Å². The molecule has 106 valence electrons. The number of carbonyl (C=O) groups excluding carboxylic acids is 1. The monoisotopic (exact) mass is 281 g/mol. The van der Waals surface area contributed by atoms with Crippen molar-refractivity contribution in [1.29, 1.82) is 0 Å². The Kier molecular flexibility index (Phi) is 4.04. The van der Waals surface area contributed by atoms with Crippen LogP contribution in [-0.2, 0) is 22.5 Å². The van der Waals surface area contributed by atoms with Gasteiger partial charge in [-0.3, -0.25) is 4.79 Å². The third-order valence-electron chi connectivity index (χ3n) is 3.61. The summed E-state index contributed by atoms with van der Waals surface area (Å²) in [7, 11) is -0.867. The first-order valence-corrected chi connectivity index (χ1v) is 6.99. The van der Waals surface area contributed by atoms with Gasteiger partial charge in [-0.1, -0.05) is 36.4 Å². The SMILES string of the molecule is O=C(CCc1cccc2c1B(O)OC2)Nc1ccccc1. The van der Waals surface area contributed by atoms with Gasteiger partial charge < -0.3 is 15.0 Å². The summed E-state index contributed by atoms with van der Waals surface area (Å²) >= 11 is 0. The number of para-hydroxylation sites is 1. The average Bonchev–Trinajstić information content (AvgIpc) is 2.88. The van der Waals surface area contributed by atoms with Crippen LogP contribution in [0, 0.1) is 0 Å². The van der Waals surface area contributed by atoms with E-state index in [0.717, 1.165) is 22.3 Å². The molecule has 1 aliphatic heterocycles. The highest BCUT2D eigenvalue weighted by Crippen LogP contribution is 2.14. The molecule has 4 nitrogen and oxygen atoms in total. The van der Waals surface area contributed by atoms with Crippen molar-refractivity contribution in [3.05, 3.63) is 59.7 Å². The number of hydrogen-bond donors (Lipinski definition) is 2. The highest BCUT2D eigenvalue weighted by atomic mass is 16.5. The van der Waals surface area contributed by atoms with E-state index < -0.39 is 7.12 Å². The summed E-state index contributed by atoms with van der Waals surface area (Å²) in [6, 6.07) is 15.2. The van der Waals surface area contributed by atoms with Crippen LogP contribution in [-0.4, -0.2) is 18.0 Å². The van der Waals surface area contributed by atoms with Crippen LogP contribution in [0.2, 0.25) is 0 Å². The third kappa shape index (κ3) is 3.15. The Morgan fingerprint density at radius 3 is 2.81 bits per heavy atom. The Hall–Kier alpha value is -2.11. The van der Waals surface area contributed by atoms with Gasteiger partial charge in [-0.2, -0.15) is 0 Å². The van der Waals surface area contributed by atoms with E-state index in [1.165, 1.54) is 0 Å². The van der Waals surface area contributed by atoms with Gasteiger partial charge in [0.05, 0.1) is 6.61 Å². The maximum atomic E-state index is 12.0. The first kappa shape index (κ1) is 13.9. The number of benzene rings is 2. The molecule has 0 aliphatic carbocycles. The molecule has 0 aromatic heterocycles. The molecule has 2 aromatic rings. The molecular formula is C16H16BNO3. The van der Waals surface area contributed by atoms with Crippen molar-refractivity contribution < 1.29 is 14.5 Å². The molecule has 0 bridgehead atoms. The Labute approximate surface area is 123 Å². The van der Waals surface area contributed by atoms with Gasteiger partial charge >= 0.3 is 7.12 Å². The number of carbonyl (C=O) groups is 1. The van der Waals surface area contributed by atoms with Crippen LogP contribution in [0.4, 0.5) is 5.69 Å². The maximum absolute atomic E-state index is 12.0. The van der Waals surface area contributed by atoms with Gasteiger partial charge in [-0.25, -0.2) is 0 Å². The molecule has 21 heavy (non-hydrogen) atoms. The second-order valence-corrected chi connectivity index (χ2v) is 5.07. The molecule has 0 spiro atoms. The first-order chi connectivity index (χ1) is 10.2. The highest BCUT2D eigenvalue weighted by molar-refractivity contribution is 6.62. The van der Waals surface area contributed by atoms with Crippen molar-refractivity contribution in [3.63, 3.8) is 0 Å². The third-order valence-corrected chi connectivity index (χ3v) is 3.61. The van der Waals surface area contributed by atoms with E-state index in [1.807, 2.05) is 48.5 Å². The lowest BCUT2D eigenvalue weighted by Crippen LogP contribution is -2.31. The lowest BCUT2D eigenvalue weighted by Gasteiger charge is -2.09. The maximum Gasteiger partial charge on any atom is 0.492 e. The van der Waals surface area contributed by atoms with Gasteiger partial charge in [0, 0.05) is 12.1 Å². The van der Waals surface area contributed by atoms with Crippen LogP contribution in [0.15, 0.2) is 48.5 Å². The molecule has 3 rings (SSSR count). The zero-order valence-electron chi connectivity index (χ0n) is 11.6. The molecule has 1 amide bonds. The Morgan fingerprint density at radius 2 is 2.00 bits per heavy atom. The molecule has 5 heteroatoms. The van der Waals surface area contributed by atoms with Gasteiger partial charge in [0.25, 0.3) is 0 Å². The molecule has 2 aromatic carbocycles. The fourth-order valence-corrected chi connectivity index (χ4v) is 2.57. The molecule has 0 unspecified atom stereocenters. The number of rotatable bonds is 4. The van der Waals surface area contributed by atoms with Crippen LogP contribution >= 0.6 is 0 Å². The van der Waals surface area contributed by atoms with Crippen LogP contribution in [0.3, 0.4) is 0 Å². The smallest absolute Gasteiger partial charge is 0.423 e. The molecular weight excluding hydrogens is 265 g/mol. The summed E-state index contributed by atoms with van der Waals surface area (Å²) in [5.41, 5.74) is 3.60. The van der Waals surface area contributed by atoms with Crippen LogP contribution < -0.4 is 10.8 Å². The molecule has 0 fully saturated rings. The summed E-state index contributed by atoms with van der Waals surface area (Å²) in [6.45, 7) is 0.431. The predicted molar refractivity (Wildman–Crippen MR) is 82.2 cm³/mol. The minimum atomic E-state index is -0.867. The minimum absolute atomic E-state index is 0.0350. The molecule has 0 atom stereocenters. The minimum Gasteiger partial charge on any atom is -0.423 e. The summed E-state index contributed by atoms with van der Waals surface area (Å²) < 4.78 is 5.22. The first-order valence-electron chi connectivity index (χ1n) is 6.99. The fourth-order valence-electron chi connectivity index (χ4n) is 2.57. The number of nitrogens with one attached hydrogen (secondary N) is 1. The van der Waals surface area contributed by atoms with Crippen molar-refractivity contribution in [1.82, 2.24) is 0 Å². The van der Waals surface area contributed by atoms with E-state index in [4.69, 9.17) is 4.65 Å². The fraction of sp³-hybridized carbons (Fsp3) is 0.188. The van der Waals surface area contributed by atoms with Crippen molar-refractivity contribution in [3.8, 4) is 0 Å². The summed E-state index contributed by atoms with van der Waals surface area (Å²) in [5, 5.41) is 12.7. The average molecular weight is 281 g/mol. The van der Waals surface area contributed by atoms with Crippen molar-refractivity contribution in [2.45, 2.75) is 19.4 Å². The van der Waals surface area contributed by atoms with E-state index in [9.17, 15) is 9.82 Å². The van der Waals surface area contributed by atoms with Crippen LogP contribution in [0.5, 0.6) is 0 Å². The van der Waals surface area contributed by atoms with Gasteiger partial charge in [0.15, 0.2) is 0 Å². The lowest BCUT2D eigenvalue weighted by molar-refractivity contribution is -0.116. The quantitative estimate of drug-likeness (QED) is 0.834. The lowest BCUT2D eigenvalue weighted by atomic mass is 9.75. The van der Waals surface area contributed by atoms with Gasteiger partial charge in [0.1, 0.15) is 0 Å². The summed E-state index contributed by atoms with van der Waals surface area (Å²) in [5.74, 6) is -0.0350. The zero-order valence-corrected chi connectivity index (χ0v) is 11.6. The van der Waals surface area contributed by atoms with E-state index in [1.54, 1.807) is 0 Å². The standard InChI is InChI=1S/C16H16BNO3/c19-15(18-14-7-2-1-3-8-14)10-9-12-5-4-6-13-11-21-17(20)16(12)13/h1-8,20H,9-11H2,(H,18,19). The molecule has 2 N–H and O–H groups in total. The van der Waals surface area contributed by atoms with Crippen molar-refractivity contribution in [2.24, 2.45) is 0 Å². The topological polar surface area (TPSA) is 58.6 Å². The number of fused-ring (bicyclic) bond motifs is 1. The summed E-state index contributed by atoms with van der Waals surface area (Å²) in [6.07, 6.45) is 0.959. The number of hydrogen-bond acceptors (Lipinski definition) is 3. The number of aryl methyl sites for hydroxylation is 1. The zero-order chi connectivity index (χ0) is 14.7. The molecule has 0 radical (unpaired) electrons. The molecule has 0 saturated carbocycles.